The van der Waals surface area contributed by atoms with Gasteiger partial charge in [0.25, 0.3) is 0 Å². The van der Waals surface area contributed by atoms with Gasteiger partial charge < -0.3 is 9.73 Å². The molecule has 0 spiro atoms. The Hall–Kier alpha value is -1.84. The molecular weight excluding hydrogens is 289 g/mol. The third kappa shape index (κ3) is 2.80. The molecule has 2 nitrogen and oxygen atoms in total. The molecule has 2 aromatic carbocycles. The van der Waals surface area contributed by atoms with Gasteiger partial charge in [-0.05, 0) is 42.4 Å². The maximum atomic E-state index is 13.5. The van der Waals surface area contributed by atoms with E-state index < -0.39 is 0 Å². The van der Waals surface area contributed by atoms with Crippen molar-refractivity contribution >= 4 is 22.6 Å². The van der Waals surface area contributed by atoms with Crippen molar-refractivity contribution in [1.82, 2.24) is 5.32 Å². The molecule has 1 aromatic heterocycles. The van der Waals surface area contributed by atoms with Gasteiger partial charge in [0, 0.05) is 17.5 Å². The van der Waals surface area contributed by atoms with E-state index in [2.05, 4.69) is 5.32 Å². The fourth-order valence-electron chi connectivity index (χ4n) is 2.37. The van der Waals surface area contributed by atoms with Crippen LogP contribution in [0, 0.1) is 5.82 Å². The molecule has 108 valence electrons. The summed E-state index contributed by atoms with van der Waals surface area (Å²) in [5, 5.41) is 4.73. The number of halogens is 2. The molecule has 0 atom stereocenters. The minimum absolute atomic E-state index is 0.249. The van der Waals surface area contributed by atoms with Crippen molar-refractivity contribution < 1.29 is 8.81 Å². The topological polar surface area (TPSA) is 25.2 Å². The zero-order valence-corrected chi connectivity index (χ0v) is 12.4. The van der Waals surface area contributed by atoms with E-state index in [9.17, 15) is 4.39 Å². The lowest BCUT2D eigenvalue weighted by molar-refractivity contribution is 0.615. The van der Waals surface area contributed by atoms with E-state index in [0.29, 0.717) is 22.9 Å². The van der Waals surface area contributed by atoms with Gasteiger partial charge in [-0.2, -0.15) is 0 Å². The van der Waals surface area contributed by atoms with Gasteiger partial charge in [-0.15, -0.1) is 0 Å². The minimum atomic E-state index is -0.249. The molecule has 0 aliphatic rings. The van der Waals surface area contributed by atoms with Crippen LogP contribution in [0.2, 0.25) is 5.02 Å². The number of hydrogen-bond acceptors (Lipinski definition) is 2. The monoisotopic (exact) mass is 303 g/mol. The van der Waals surface area contributed by atoms with Crippen molar-refractivity contribution in [3.63, 3.8) is 0 Å². The van der Waals surface area contributed by atoms with Crippen LogP contribution in [0.3, 0.4) is 0 Å². The molecule has 0 saturated carbocycles. The second-order valence-corrected chi connectivity index (χ2v) is 5.26. The molecule has 1 heterocycles. The average molecular weight is 304 g/mol. The third-order valence-electron chi connectivity index (χ3n) is 3.39. The molecular formula is C17H15ClFNO. The molecule has 0 amide bonds. The number of hydrogen-bond donors (Lipinski definition) is 1. The Morgan fingerprint density at radius 3 is 2.81 bits per heavy atom. The number of para-hydroxylation sites is 1. The number of fused-ring (bicyclic) bond motifs is 1. The first-order valence-electron chi connectivity index (χ1n) is 6.86. The van der Waals surface area contributed by atoms with Crippen molar-refractivity contribution in [2.45, 2.75) is 13.5 Å². The van der Waals surface area contributed by atoms with Crippen LogP contribution in [-0.4, -0.2) is 6.54 Å². The van der Waals surface area contributed by atoms with Crippen LogP contribution in [0.5, 0.6) is 0 Å². The summed E-state index contributed by atoms with van der Waals surface area (Å²) >= 11 is 6.14. The van der Waals surface area contributed by atoms with Crippen molar-refractivity contribution in [2.24, 2.45) is 0 Å². The van der Waals surface area contributed by atoms with Crippen LogP contribution in [0.4, 0.5) is 4.39 Å². The van der Waals surface area contributed by atoms with Gasteiger partial charge in [-0.3, -0.25) is 0 Å². The molecule has 0 fully saturated rings. The van der Waals surface area contributed by atoms with Crippen molar-refractivity contribution in [2.75, 3.05) is 6.54 Å². The van der Waals surface area contributed by atoms with Gasteiger partial charge in [0.1, 0.15) is 11.6 Å². The van der Waals surface area contributed by atoms with Crippen LogP contribution in [-0.2, 0) is 6.54 Å². The largest absolute Gasteiger partial charge is 0.455 e. The molecule has 0 unspecified atom stereocenters. The van der Waals surface area contributed by atoms with Crippen LogP contribution < -0.4 is 5.32 Å². The average Bonchev–Trinajstić information content (AvgIpc) is 2.90. The zero-order chi connectivity index (χ0) is 14.8. The maximum absolute atomic E-state index is 13.5. The Bertz CT molecular complexity index is 782. The fourth-order valence-corrected chi connectivity index (χ4v) is 2.59. The SMILES string of the molecule is CCNCc1cc(F)ccc1-c1cc2cccc(Cl)c2o1. The van der Waals surface area contributed by atoms with Gasteiger partial charge in [0.2, 0.25) is 0 Å². The first-order valence-corrected chi connectivity index (χ1v) is 7.24. The number of rotatable bonds is 4. The van der Waals surface area contributed by atoms with E-state index in [-0.39, 0.29) is 5.82 Å². The predicted octanol–water partition coefficient (Wildman–Crippen LogP) is 5.00. The quantitative estimate of drug-likeness (QED) is 0.733. The molecule has 4 heteroatoms. The smallest absolute Gasteiger partial charge is 0.153 e. The van der Waals surface area contributed by atoms with Crippen molar-refractivity contribution in [3.8, 4) is 11.3 Å². The summed E-state index contributed by atoms with van der Waals surface area (Å²) in [5.74, 6) is 0.451. The van der Waals surface area contributed by atoms with E-state index in [1.54, 1.807) is 12.1 Å². The molecule has 3 rings (SSSR count). The van der Waals surface area contributed by atoms with Gasteiger partial charge >= 0.3 is 0 Å². The molecule has 0 bridgehead atoms. The molecule has 21 heavy (non-hydrogen) atoms. The second kappa shape index (κ2) is 5.88. The number of benzene rings is 2. The predicted molar refractivity (Wildman–Crippen MR) is 84.0 cm³/mol. The second-order valence-electron chi connectivity index (χ2n) is 4.85. The standard InChI is InChI=1S/C17H15ClFNO/c1-2-20-10-12-8-13(19)6-7-14(12)16-9-11-4-3-5-15(18)17(11)21-16/h3-9,20H,2,10H2,1H3. The Balaban J connectivity index is 2.11. The Morgan fingerprint density at radius 2 is 2.05 bits per heavy atom. The lowest BCUT2D eigenvalue weighted by Crippen LogP contribution is -2.12. The van der Waals surface area contributed by atoms with Crippen LogP contribution in [0.15, 0.2) is 46.9 Å². The molecule has 0 radical (unpaired) electrons. The van der Waals surface area contributed by atoms with Crippen LogP contribution in [0.25, 0.3) is 22.3 Å². The summed E-state index contributed by atoms with van der Waals surface area (Å²) in [4.78, 5) is 0. The van der Waals surface area contributed by atoms with E-state index in [1.807, 2.05) is 25.1 Å². The Morgan fingerprint density at radius 1 is 1.19 bits per heavy atom. The van der Waals surface area contributed by atoms with Gasteiger partial charge in [-0.25, -0.2) is 4.39 Å². The highest BCUT2D eigenvalue weighted by molar-refractivity contribution is 6.34. The highest BCUT2D eigenvalue weighted by Gasteiger charge is 2.12. The summed E-state index contributed by atoms with van der Waals surface area (Å²) in [6.07, 6.45) is 0. The normalized spacial score (nSPS) is 11.2. The highest BCUT2D eigenvalue weighted by Crippen LogP contribution is 2.33. The van der Waals surface area contributed by atoms with E-state index in [4.69, 9.17) is 16.0 Å². The van der Waals surface area contributed by atoms with E-state index in [1.165, 1.54) is 12.1 Å². The summed E-state index contributed by atoms with van der Waals surface area (Å²) in [5.41, 5.74) is 2.41. The third-order valence-corrected chi connectivity index (χ3v) is 3.69. The van der Waals surface area contributed by atoms with Gasteiger partial charge in [-0.1, -0.05) is 30.7 Å². The zero-order valence-electron chi connectivity index (χ0n) is 11.6. The van der Waals surface area contributed by atoms with Crippen LogP contribution >= 0.6 is 11.6 Å². The van der Waals surface area contributed by atoms with Crippen molar-refractivity contribution in [1.29, 1.82) is 0 Å². The van der Waals surface area contributed by atoms with E-state index >= 15 is 0 Å². The lowest BCUT2D eigenvalue weighted by atomic mass is 10.0. The number of nitrogens with one attached hydrogen (secondary N) is 1. The van der Waals surface area contributed by atoms with Crippen molar-refractivity contribution in [3.05, 3.63) is 58.9 Å². The summed E-state index contributed by atoms with van der Waals surface area (Å²) in [7, 11) is 0. The lowest BCUT2D eigenvalue weighted by Gasteiger charge is -2.08. The van der Waals surface area contributed by atoms with Gasteiger partial charge in [0.05, 0.1) is 5.02 Å². The Labute approximate surface area is 127 Å². The first-order chi connectivity index (χ1) is 10.2. The molecule has 0 aliphatic carbocycles. The summed E-state index contributed by atoms with van der Waals surface area (Å²) in [6, 6.07) is 12.3. The molecule has 3 aromatic rings. The van der Waals surface area contributed by atoms with Gasteiger partial charge in [0.15, 0.2) is 5.58 Å². The highest BCUT2D eigenvalue weighted by atomic mass is 35.5. The van der Waals surface area contributed by atoms with E-state index in [0.717, 1.165) is 23.1 Å². The molecule has 0 saturated heterocycles. The first kappa shape index (κ1) is 14.1. The number of furan rings is 1. The fraction of sp³-hybridized carbons (Fsp3) is 0.176. The summed E-state index contributed by atoms with van der Waals surface area (Å²) in [6.45, 7) is 3.43. The Kier molecular flexibility index (Phi) is 3.95. The minimum Gasteiger partial charge on any atom is -0.455 e. The van der Waals surface area contributed by atoms with Crippen LogP contribution in [0.1, 0.15) is 12.5 Å². The maximum Gasteiger partial charge on any atom is 0.153 e. The molecule has 0 aliphatic heterocycles. The molecule has 1 N–H and O–H groups in total. The summed E-state index contributed by atoms with van der Waals surface area (Å²) < 4.78 is 19.3.